The monoisotopic (exact) mass is 459 g/mol. The maximum atomic E-state index is 13.4. The van der Waals surface area contributed by atoms with Gasteiger partial charge in [0.05, 0.1) is 30.6 Å². The van der Waals surface area contributed by atoms with Gasteiger partial charge in [0.15, 0.2) is 0 Å². The molecule has 0 radical (unpaired) electrons. The van der Waals surface area contributed by atoms with E-state index >= 15 is 0 Å². The summed E-state index contributed by atoms with van der Waals surface area (Å²) in [7, 11) is 0. The first-order chi connectivity index (χ1) is 13.2. The third kappa shape index (κ3) is 3.15. The minimum Gasteiger partial charge on any atom is -0.394 e. The number of amides is 3. The van der Waals surface area contributed by atoms with Crippen molar-refractivity contribution >= 4 is 33.7 Å². The zero-order valence-corrected chi connectivity index (χ0v) is 18.4. The number of aliphatic hydroxyl groups excluding tert-OH is 1. The third-order valence-electron chi connectivity index (χ3n) is 6.00. The lowest BCUT2D eigenvalue weighted by molar-refractivity contribution is -0.145. The average Bonchev–Trinajstić information content (AvgIpc) is 3.21. The second-order valence-electron chi connectivity index (χ2n) is 8.39. The van der Waals surface area contributed by atoms with Gasteiger partial charge in [-0.05, 0) is 33.6 Å². The summed E-state index contributed by atoms with van der Waals surface area (Å²) in [4.78, 5) is 40.8. The largest absolute Gasteiger partial charge is 0.394 e. The second kappa shape index (κ2) is 7.91. The number of halogens is 1. The number of rotatable bonds is 7. The second-order valence-corrected chi connectivity index (χ2v) is 9.57. The van der Waals surface area contributed by atoms with Crippen LogP contribution in [0, 0.1) is 11.8 Å². The van der Waals surface area contributed by atoms with Crippen LogP contribution in [0.5, 0.6) is 0 Å². The van der Waals surface area contributed by atoms with E-state index in [0.29, 0.717) is 13.0 Å². The summed E-state index contributed by atoms with van der Waals surface area (Å²) < 4.78 is 6.31. The van der Waals surface area contributed by atoms with Crippen molar-refractivity contribution in [2.24, 2.45) is 11.8 Å². The molecule has 0 aromatic carbocycles. The number of nitrogens with one attached hydrogen (secondary N) is 2. The van der Waals surface area contributed by atoms with E-state index in [1.807, 2.05) is 20.8 Å². The highest BCUT2D eigenvalue weighted by atomic mass is 79.9. The van der Waals surface area contributed by atoms with Crippen molar-refractivity contribution in [2.45, 2.75) is 75.2 Å². The van der Waals surface area contributed by atoms with E-state index < -0.39 is 35.6 Å². The Morgan fingerprint density at radius 3 is 2.61 bits per heavy atom. The summed E-state index contributed by atoms with van der Waals surface area (Å²) in [6, 6.07) is -1.53. The van der Waals surface area contributed by atoms with Crippen LogP contribution in [0.4, 0.5) is 0 Å². The number of likely N-dealkylation sites (tertiary alicyclic amines) is 1. The minimum atomic E-state index is -1.06. The zero-order valence-electron chi connectivity index (χ0n) is 16.8. The molecule has 1 spiro atoms. The maximum Gasteiger partial charge on any atom is 0.246 e. The van der Waals surface area contributed by atoms with E-state index in [4.69, 9.17) is 4.74 Å². The highest BCUT2D eigenvalue weighted by Gasteiger charge is 2.76. The molecule has 2 bridgehead atoms. The number of aliphatic hydroxyl groups is 1. The van der Waals surface area contributed by atoms with Crippen molar-refractivity contribution in [1.29, 1.82) is 0 Å². The molecule has 7 atom stereocenters. The molecular formula is C19H30BrN3O5. The van der Waals surface area contributed by atoms with Gasteiger partial charge in [0.1, 0.15) is 11.6 Å². The molecule has 3 heterocycles. The molecule has 3 aliphatic rings. The van der Waals surface area contributed by atoms with E-state index in [1.165, 1.54) is 4.90 Å². The van der Waals surface area contributed by atoms with E-state index in [2.05, 4.69) is 26.6 Å². The van der Waals surface area contributed by atoms with Crippen LogP contribution in [0.2, 0.25) is 0 Å². The number of hydrogen-bond donors (Lipinski definition) is 3. The molecule has 3 N–H and O–H groups in total. The summed E-state index contributed by atoms with van der Waals surface area (Å²) >= 11 is 3.61. The summed E-state index contributed by atoms with van der Waals surface area (Å²) in [6.45, 7) is 7.63. The number of hydrogen-bond acceptors (Lipinski definition) is 5. The molecule has 9 heteroatoms. The fourth-order valence-corrected chi connectivity index (χ4v) is 5.90. The smallest absolute Gasteiger partial charge is 0.246 e. The molecule has 158 valence electrons. The van der Waals surface area contributed by atoms with Crippen molar-refractivity contribution in [1.82, 2.24) is 15.5 Å². The lowest BCUT2D eigenvalue weighted by Crippen LogP contribution is -2.58. The Morgan fingerprint density at radius 1 is 1.36 bits per heavy atom. The Bertz CT molecular complexity index is 659. The summed E-state index contributed by atoms with van der Waals surface area (Å²) in [5.41, 5.74) is -1.06. The minimum absolute atomic E-state index is 0.105. The van der Waals surface area contributed by atoms with Gasteiger partial charge in [-0.15, -0.1) is 0 Å². The number of alkyl halides is 1. The van der Waals surface area contributed by atoms with Gasteiger partial charge in [-0.2, -0.15) is 0 Å². The molecule has 3 fully saturated rings. The molecule has 3 unspecified atom stereocenters. The Hall–Kier alpha value is -1.19. The van der Waals surface area contributed by atoms with Crippen molar-refractivity contribution in [3.05, 3.63) is 0 Å². The van der Waals surface area contributed by atoms with Crippen LogP contribution in [-0.4, -0.2) is 75.5 Å². The predicted octanol–water partition coefficient (Wildman–Crippen LogP) is 0.166. The highest BCUT2D eigenvalue weighted by Crippen LogP contribution is 2.60. The maximum absolute atomic E-state index is 13.4. The summed E-state index contributed by atoms with van der Waals surface area (Å²) in [5, 5.41) is 15.5. The van der Waals surface area contributed by atoms with Gasteiger partial charge in [0.25, 0.3) is 0 Å². The van der Waals surface area contributed by atoms with Crippen molar-refractivity contribution in [3.63, 3.8) is 0 Å². The van der Waals surface area contributed by atoms with Gasteiger partial charge < -0.3 is 25.4 Å². The molecule has 0 aliphatic carbocycles. The third-order valence-corrected chi connectivity index (χ3v) is 6.84. The van der Waals surface area contributed by atoms with Gasteiger partial charge in [-0.25, -0.2) is 0 Å². The lowest BCUT2D eigenvalue weighted by Gasteiger charge is -2.36. The SMILES string of the molecule is CCCNC(=O)[C@H]1[C@H]2C(=O)N([C@H](C)CO)C(C(=O)NC(C)C)C23CC(Br)[C@@H]1O3. The van der Waals surface area contributed by atoms with Crippen LogP contribution in [0.1, 0.15) is 40.5 Å². The molecule has 3 amide bonds. The van der Waals surface area contributed by atoms with Crippen LogP contribution in [0.3, 0.4) is 0 Å². The van der Waals surface area contributed by atoms with E-state index in [9.17, 15) is 19.5 Å². The zero-order chi connectivity index (χ0) is 20.8. The molecule has 0 saturated carbocycles. The Balaban J connectivity index is 2.03. The average molecular weight is 460 g/mol. The van der Waals surface area contributed by atoms with E-state index in [-0.39, 0.29) is 35.2 Å². The Labute approximate surface area is 173 Å². The molecule has 8 nitrogen and oxygen atoms in total. The predicted molar refractivity (Wildman–Crippen MR) is 106 cm³/mol. The van der Waals surface area contributed by atoms with Gasteiger partial charge in [0.2, 0.25) is 17.7 Å². The topological polar surface area (TPSA) is 108 Å². The van der Waals surface area contributed by atoms with E-state index in [0.717, 1.165) is 6.42 Å². The number of fused-ring (bicyclic) bond motifs is 1. The molecule has 3 saturated heterocycles. The summed E-state index contributed by atoms with van der Waals surface area (Å²) in [5.74, 6) is -2.18. The van der Waals surface area contributed by atoms with Gasteiger partial charge >= 0.3 is 0 Å². The molecule has 3 rings (SSSR count). The van der Waals surface area contributed by atoms with Crippen LogP contribution in [0.15, 0.2) is 0 Å². The van der Waals surface area contributed by atoms with E-state index in [1.54, 1.807) is 6.92 Å². The summed E-state index contributed by atoms with van der Waals surface area (Å²) in [6.07, 6.45) is 0.807. The van der Waals surface area contributed by atoms with Gasteiger partial charge in [-0.1, -0.05) is 22.9 Å². The quantitative estimate of drug-likeness (QED) is 0.470. The normalized spacial score (nSPS) is 37.3. The fourth-order valence-electron chi connectivity index (χ4n) is 4.96. The Morgan fingerprint density at radius 2 is 2.04 bits per heavy atom. The van der Waals surface area contributed by atoms with Crippen LogP contribution < -0.4 is 10.6 Å². The van der Waals surface area contributed by atoms with Crippen LogP contribution >= 0.6 is 15.9 Å². The lowest BCUT2D eigenvalue weighted by atomic mass is 9.70. The standard InChI is InChI=1S/C19H30BrN3O5/c1-5-6-21-16(25)12-13-18(27)23(10(4)8-24)15(17(26)22-9(2)3)19(13)7-11(20)14(12)28-19/h9-15,24H,5-8H2,1-4H3,(H,21,25)(H,22,26)/t10-,11?,12+,13+,14+,15?,19?/m1/s1. The van der Waals surface area contributed by atoms with Gasteiger partial charge in [0, 0.05) is 17.4 Å². The number of ether oxygens (including phenoxy) is 1. The Kier molecular flexibility index (Phi) is 6.08. The van der Waals surface area contributed by atoms with Gasteiger partial charge in [-0.3, -0.25) is 14.4 Å². The number of carbonyl (C=O) groups excluding carboxylic acids is 3. The van der Waals surface area contributed by atoms with Crippen LogP contribution in [-0.2, 0) is 19.1 Å². The molecular weight excluding hydrogens is 430 g/mol. The first-order valence-corrected chi connectivity index (χ1v) is 10.9. The molecule has 28 heavy (non-hydrogen) atoms. The van der Waals surface area contributed by atoms with Crippen molar-refractivity contribution in [2.75, 3.05) is 13.2 Å². The fraction of sp³-hybridized carbons (Fsp3) is 0.842. The molecule has 3 aliphatic heterocycles. The van der Waals surface area contributed by atoms with Crippen LogP contribution in [0.25, 0.3) is 0 Å². The number of carbonyl (C=O) groups is 3. The first kappa shape index (κ1) is 21.5. The molecule has 0 aromatic rings. The van der Waals surface area contributed by atoms with Crippen molar-refractivity contribution in [3.8, 4) is 0 Å². The van der Waals surface area contributed by atoms with Crippen molar-refractivity contribution < 1.29 is 24.2 Å². The highest BCUT2D eigenvalue weighted by molar-refractivity contribution is 9.09. The molecule has 0 aromatic heterocycles. The first-order valence-electron chi connectivity index (χ1n) is 10.0. The number of nitrogens with zero attached hydrogens (tertiary/aromatic N) is 1.